The van der Waals surface area contributed by atoms with E-state index in [4.69, 9.17) is 12.2 Å². The third-order valence-electron chi connectivity index (χ3n) is 3.53. The molecule has 0 aromatic heterocycles. The van der Waals surface area contributed by atoms with E-state index in [9.17, 15) is 0 Å². The number of benzene rings is 2. The van der Waals surface area contributed by atoms with Crippen molar-refractivity contribution < 1.29 is 0 Å². The summed E-state index contributed by atoms with van der Waals surface area (Å²) < 4.78 is 0. The minimum absolute atomic E-state index is 0.506. The topological polar surface area (TPSA) is 24.1 Å². The average molecular weight is 298 g/mol. The number of thiocarbonyl (C=S) groups is 1. The van der Waals surface area contributed by atoms with E-state index in [0.717, 1.165) is 11.4 Å². The van der Waals surface area contributed by atoms with Crippen molar-refractivity contribution in [2.45, 2.75) is 33.6 Å². The molecule has 0 heterocycles. The van der Waals surface area contributed by atoms with Gasteiger partial charge in [0, 0.05) is 11.4 Å². The van der Waals surface area contributed by atoms with Gasteiger partial charge in [0.15, 0.2) is 5.11 Å². The summed E-state index contributed by atoms with van der Waals surface area (Å²) in [6.45, 7) is 8.54. The minimum Gasteiger partial charge on any atom is -0.332 e. The molecule has 2 rings (SSSR count). The lowest BCUT2D eigenvalue weighted by Crippen LogP contribution is -2.20. The van der Waals surface area contributed by atoms with E-state index in [1.807, 2.05) is 6.07 Å². The van der Waals surface area contributed by atoms with Crippen LogP contribution in [0.15, 0.2) is 42.5 Å². The van der Waals surface area contributed by atoms with Gasteiger partial charge in [-0.25, -0.2) is 0 Å². The summed E-state index contributed by atoms with van der Waals surface area (Å²) in [5.74, 6) is 0.506. The van der Waals surface area contributed by atoms with Gasteiger partial charge in [0.1, 0.15) is 0 Å². The zero-order chi connectivity index (χ0) is 15.4. The van der Waals surface area contributed by atoms with Crippen LogP contribution in [0.5, 0.6) is 0 Å². The molecule has 110 valence electrons. The van der Waals surface area contributed by atoms with Gasteiger partial charge in [0.05, 0.1) is 0 Å². The molecule has 2 N–H and O–H groups in total. The fourth-order valence-corrected chi connectivity index (χ4v) is 2.48. The fourth-order valence-electron chi connectivity index (χ4n) is 2.26. The maximum Gasteiger partial charge on any atom is 0.175 e. The first-order chi connectivity index (χ1) is 9.97. The van der Waals surface area contributed by atoms with Crippen LogP contribution in [0.2, 0.25) is 0 Å². The minimum atomic E-state index is 0.506. The Labute approximate surface area is 132 Å². The predicted molar refractivity (Wildman–Crippen MR) is 96.3 cm³/mol. The summed E-state index contributed by atoms with van der Waals surface area (Å²) in [4.78, 5) is 0. The largest absolute Gasteiger partial charge is 0.332 e. The number of hydrogen-bond acceptors (Lipinski definition) is 1. The number of nitrogens with one attached hydrogen (secondary N) is 2. The van der Waals surface area contributed by atoms with Gasteiger partial charge in [-0.15, -0.1) is 0 Å². The molecule has 0 saturated heterocycles. The fraction of sp³-hybridized carbons (Fsp3) is 0.278. The Bertz CT molecular complexity index is 627. The number of aryl methyl sites for hydroxylation is 2. The van der Waals surface area contributed by atoms with Crippen molar-refractivity contribution in [1.82, 2.24) is 0 Å². The Balaban J connectivity index is 2.10. The summed E-state index contributed by atoms with van der Waals surface area (Å²) in [7, 11) is 0. The molecule has 0 bridgehead atoms. The highest BCUT2D eigenvalue weighted by molar-refractivity contribution is 7.80. The van der Waals surface area contributed by atoms with Crippen LogP contribution < -0.4 is 10.6 Å². The maximum absolute atomic E-state index is 5.42. The lowest BCUT2D eigenvalue weighted by Gasteiger charge is -2.15. The van der Waals surface area contributed by atoms with E-state index in [-0.39, 0.29) is 0 Å². The summed E-state index contributed by atoms with van der Waals surface area (Å²) in [5.41, 5.74) is 5.78. The Hall–Kier alpha value is -1.87. The van der Waals surface area contributed by atoms with E-state index in [2.05, 4.69) is 74.7 Å². The number of hydrogen-bond donors (Lipinski definition) is 2. The standard InChI is InChI=1S/C18H22N2S/c1-12(2)15-9-6-10-16(11-15)19-18(21)20-17-13(3)7-5-8-14(17)4/h5-12H,1-4H3,(H2,19,20,21). The highest BCUT2D eigenvalue weighted by atomic mass is 32.1. The molecule has 0 unspecified atom stereocenters. The van der Waals surface area contributed by atoms with Gasteiger partial charge >= 0.3 is 0 Å². The molecule has 0 aliphatic carbocycles. The molecule has 0 radical (unpaired) electrons. The Morgan fingerprint density at radius 1 is 0.952 bits per heavy atom. The summed E-state index contributed by atoms with van der Waals surface area (Å²) in [6.07, 6.45) is 0. The zero-order valence-corrected chi connectivity index (χ0v) is 13.8. The van der Waals surface area contributed by atoms with Gasteiger partial charge < -0.3 is 10.6 Å². The van der Waals surface area contributed by atoms with Gasteiger partial charge in [0.2, 0.25) is 0 Å². The monoisotopic (exact) mass is 298 g/mol. The van der Waals surface area contributed by atoms with E-state index in [1.54, 1.807) is 0 Å². The Kier molecular flexibility index (Phi) is 4.97. The first kappa shape index (κ1) is 15.5. The van der Waals surface area contributed by atoms with Crippen LogP contribution in [0.3, 0.4) is 0 Å². The molecule has 21 heavy (non-hydrogen) atoms. The first-order valence-electron chi connectivity index (χ1n) is 7.21. The maximum atomic E-state index is 5.42. The summed E-state index contributed by atoms with van der Waals surface area (Å²) in [6, 6.07) is 14.6. The van der Waals surface area contributed by atoms with Crippen molar-refractivity contribution in [2.24, 2.45) is 0 Å². The normalized spacial score (nSPS) is 10.5. The van der Waals surface area contributed by atoms with E-state index in [0.29, 0.717) is 11.0 Å². The van der Waals surface area contributed by atoms with Crippen molar-refractivity contribution in [2.75, 3.05) is 10.6 Å². The second kappa shape index (κ2) is 6.72. The van der Waals surface area contributed by atoms with Crippen molar-refractivity contribution in [3.05, 3.63) is 59.2 Å². The lowest BCUT2D eigenvalue weighted by molar-refractivity contribution is 0.867. The van der Waals surface area contributed by atoms with Crippen LogP contribution in [-0.4, -0.2) is 5.11 Å². The average Bonchev–Trinajstić information content (AvgIpc) is 2.43. The molecule has 0 aliphatic heterocycles. The van der Waals surface area contributed by atoms with E-state index >= 15 is 0 Å². The molecule has 3 heteroatoms. The van der Waals surface area contributed by atoms with Gasteiger partial charge in [-0.2, -0.15) is 0 Å². The van der Waals surface area contributed by atoms with Crippen LogP contribution in [0.1, 0.15) is 36.5 Å². The molecule has 2 nitrogen and oxygen atoms in total. The van der Waals surface area contributed by atoms with Crippen molar-refractivity contribution in [3.8, 4) is 0 Å². The van der Waals surface area contributed by atoms with E-state index < -0.39 is 0 Å². The second-order valence-electron chi connectivity index (χ2n) is 5.63. The molecular formula is C18H22N2S. The van der Waals surface area contributed by atoms with Crippen molar-refractivity contribution in [3.63, 3.8) is 0 Å². The molecule has 0 atom stereocenters. The second-order valence-corrected chi connectivity index (χ2v) is 6.03. The van der Waals surface area contributed by atoms with E-state index in [1.165, 1.54) is 16.7 Å². The number of rotatable bonds is 3. The smallest absolute Gasteiger partial charge is 0.175 e. The highest BCUT2D eigenvalue weighted by Crippen LogP contribution is 2.21. The van der Waals surface area contributed by atoms with Crippen LogP contribution in [-0.2, 0) is 0 Å². The van der Waals surface area contributed by atoms with Crippen molar-refractivity contribution >= 4 is 28.7 Å². The SMILES string of the molecule is Cc1cccc(C)c1NC(=S)Nc1cccc(C(C)C)c1. The summed E-state index contributed by atoms with van der Waals surface area (Å²) in [5, 5.41) is 7.18. The predicted octanol–water partition coefficient (Wildman–Crippen LogP) is 5.24. The molecule has 0 amide bonds. The molecule has 2 aromatic rings. The molecule has 0 aliphatic rings. The van der Waals surface area contributed by atoms with Crippen LogP contribution in [0, 0.1) is 13.8 Å². The number of para-hydroxylation sites is 1. The highest BCUT2D eigenvalue weighted by Gasteiger charge is 2.05. The van der Waals surface area contributed by atoms with Crippen molar-refractivity contribution in [1.29, 1.82) is 0 Å². The Morgan fingerprint density at radius 3 is 2.19 bits per heavy atom. The molecule has 2 aromatic carbocycles. The molecule has 0 spiro atoms. The summed E-state index contributed by atoms with van der Waals surface area (Å²) >= 11 is 5.42. The first-order valence-corrected chi connectivity index (χ1v) is 7.62. The van der Waals surface area contributed by atoms with Gasteiger partial charge in [-0.05, 0) is 60.8 Å². The molecule has 0 saturated carbocycles. The third kappa shape index (κ3) is 4.05. The number of anilines is 2. The third-order valence-corrected chi connectivity index (χ3v) is 3.73. The Morgan fingerprint density at radius 2 is 1.57 bits per heavy atom. The lowest BCUT2D eigenvalue weighted by atomic mass is 10.0. The van der Waals surface area contributed by atoms with Crippen LogP contribution in [0.4, 0.5) is 11.4 Å². The van der Waals surface area contributed by atoms with Crippen LogP contribution >= 0.6 is 12.2 Å². The molecular weight excluding hydrogens is 276 g/mol. The van der Waals surface area contributed by atoms with Crippen LogP contribution in [0.25, 0.3) is 0 Å². The molecule has 0 fully saturated rings. The van der Waals surface area contributed by atoms with Gasteiger partial charge in [-0.1, -0.05) is 44.2 Å². The quantitative estimate of drug-likeness (QED) is 0.758. The zero-order valence-electron chi connectivity index (χ0n) is 13.0. The van der Waals surface area contributed by atoms with Gasteiger partial charge in [0.25, 0.3) is 0 Å². The van der Waals surface area contributed by atoms with Gasteiger partial charge in [-0.3, -0.25) is 0 Å².